The molecule has 0 amide bonds. The average molecular weight is 247 g/mol. The van der Waals surface area contributed by atoms with Gasteiger partial charge in [-0.3, -0.25) is 4.79 Å². The summed E-state index contributed by atoms with van der Waals surface area (Å²) < 4.78 is 0. The van der Waals surface area contributed by atoms with Crippen molar-refractivity contribution < 1.29 is 35.7 Å². The molecule has 7 N–H and O–H groups in total. The van der Waals surface area contributed by atoms with Crippen LogP contribution in [0.2, 0.25) is 0 Å². The molecule has 1 atom stereocenters. The molecule has 17 heavy (non-hydrogen) atoms. The SMILES string of the molecule is N[C@@H](Cc1ccc(O)c(O)c1)C(=O)O.OOO. The van der Waals surface area contributed by atoms with Crippen molar-refractivity contribution >= 4 is 5.97 Å². The number of carboxylic acid groups (broad SMARTS) is 1. The van der Waals surface area contributed by atoms with Gasteiger partial charge in [0, 0.05) is 0 Å². The van der Waals surface area contributed by atoms with Gasteiger partial charge in [-0.1, -0.05) is 11.1 Å². The summed E-state index contributed by atoms with van der Waals surface area (Å²) in [5, 5.41) is 42.1. The lowest BCUT2D eigenvalue weighted by Gasteiger charge is -2.06. The van der Waals surface area contributed by atoms with E-state index in [0.29, 0.717) is 5.56 Å². The van der Waals surface area contributed by atoms with Gasteiger partial charge in [0.05, 0.1) is 0 Å². The monoisotopic (exact) mass is 247 g/mol. The zero-order valence-corrected chi connectivity index (χ0v) is 8.65. The third kappa shape index (κ3) is 5.68. The molecule has 0 saturated heterocycles. The maximum atomic E-state index is 10.4. The molecule has 0 aromatic heterocycles. The Morgan fingerprint density at radius 2 is 1.82 bits per heavy atom. The minimum atomic E-state index is -1.10. The molecule has 1 rings (SSSR count). The Bertz CT molecular complexity index is 368. The Hall–Kier alpha value is -1.87. The molecule has 0 radical (unpaired) electrons. The van der Waals surface area contributed by atoms with Crippen molar-refractivity contribution in [1.82, 2.24) is 0 Å². The molecular weight excluding hydrogens is 234 g/mol. The number of aromatic hydroxyl groups is 2. The summed E-state index contributed by atoms with van der Waals surface area (Å²) in [7, 11) is 0. The van der Waals surface area contributed by atoms with Gasteiger partial charge in [-0.25, -0.2) is 10.5 Å². The third-order valence-electron chi connectivity index (χ3n) is 1.81. The summed E-state index contributed by atoms with van der Waals surface area (Å²) in [5.74, 6) is -1.62. The lowest BCUT2D eigenvalue weighted by molar-refractivity contribution is -0.465. The van der Waals surface area contributed by atoms with Crippen molar-refractivity contribution in [2.24, 2.45) is 5.73 Å². The summed E-state index contributed by atoms with van der Waals surface area (Å²) in [4.78, 5) is 10.4. The van der Waals surface area contributed by atoms with Crippen LogP contribution in [0.3, 0.4) is 0 Å². The highest BCUT2D eigenvalue weighted by Crippen LogP contribution is 2.25. The van der Waals surface area contributed by atoms with Crippen LogP contribution in [0, 0.1) is 0 Å². The van der Waals surface area contributed by atoms with Gasteiger partial charge in [0.25, 0.3) is 0 Å². The lowest BCUT2D eigenvalue weighted by atomic mass is 10.1. The highest BCUT2D eigenvalue weighted by Gasteiger charge is 2.12. The molecule has 0 fully saturated rings. The Kier molecular flexibility index (Phi) is 6.60. The van der Waals surface area contributed by atoms with Gasteiger partial charge in [0.2, 0.25) is 0 Å². The molecule has 0 aliphatic rings. The molecule has 0 saturated carbocycles. The largest absolute Gasteiger partial charge is 0.504 e. The summed E-state index contributed by atoms with van der Waals surface area (Å²) in [6.07, 6.45) is 0.114. The summed E-state index contributed by atoms with van der Waals surface area (Å²) in [5.41, 5.74) is 5.86. The number of carbonyl (C=O) groups is 1. The molecular formula is C9H13NO7. The first kappa shape index (κ1) is 15.1. The van der Waals surface area contributed by atoms with E-state index >= 15 is 0 Å². The molecule has 0 spiro atoms. The van der Waals surface area contributed by atoms with Crippen molar-refractivity contribution in [2.75, 3.05) is 0 Å². The predicted octanol–water partition coefficient (Wildman–Crippen LogP) is 0.00120. The van der Waals surface area contributed by atoms with E-state index in [0.717, 1.165) is 0 Å². The first-order chi connectivity index (χ1) is 7.92. The fourth-order valence-corrected chi connectivity index (χ4v) is 1.04. The molecule has 96 valence electrons. The van der Waals surface area contributed by atoms with Gasteiger partial charge in [0.1, 0.15) is 6.04 Å². The second-order valence-corrected chi connectivity index (χ2v) is 3.05. The van der Waals surface area contributed by atoms with Crippen LogP contribution in [0.15, 0.2) is 18.2 Å². The van der Waals surface area contributed by atoms with Gasteiger partial charge in [-0.15, -0.1) is 0 Å². The van der Waals surface area contributed by atoms with Gasteiger partial charge in [0.15, 0.2) is 11.5 Å². The van der Waals surface area contributed by atoms with E-state index < -0.39 is 12.0 Å². The normalized spacial score (nSPS) is 11.2. The number of rotatable bonds is 3. The van der Waals surface area contributed by atoms with E-state index in [-0.39, 0.29) is 17.9 Å². The predicted molar refractivity (Wildman–Crippen MR) is 55.4 cm³/mol. The maximum absolute atomic E-state index is 10.4. The highest BCUT2D eigenvalue weighted by atomic mass is 17.4. The van der Waals surface area contributed by atoms with E-state index in [4.69, 9.17) is 31.6 Å². The fraction of sp³-hybridized carbons (Fsp3) is 0.222. The van der Waals surface area contributed by atoms with E-state index in [1.165, 1.54) is 18.2 Å². The fourth-order valence-electron chi connectivity index (χ4n) is 1.04. The molecule has 0 heterocycles. The number of phenols is 2. The van der Waals surface area contributed by atoms with Crippen LogP contribution in [-0.4, -0.2) is 37.8 Å². The van der Waals surface area contributed by atoms with E-state index in [1.807, 2.05) is 0 Å². The zero-order chi connectivity index (χ0) is 13.4. The minimum absolute atomic E-state index is 0.114. The Balaban J connectivity index is 0.000000770. The topological polar surface area (TPSA) is 153 Å². The number of hydrogen-bond donors (Lipinski definition) is 6. The Morgan fingerprint density at radius 3 is 2.24 bits per heavy atom. The first-order valence-corrected chi connectivity index (χ1v) is 4.36. The van der Waals surface area contributed by atoms with Crippen LogP contribution in [0.4, 0.5) is 0 Å². The van der Waals surface area contributed by atoms with Crippen LogP contribution < -0.4 is 5.73 Å². The van der Waals surface area contributed by atoms with E-state index in [9.17, 15) is 4.79 Å². The van der Waals surface area contributed by atoms with Crippen LogP contribution in [-0.2, 0) is 16.3 Å². The second kappa shape index (κ2) is 7.41. The lowest BCUT2D eigenvalue weighted by Crippen LogP contribution is -2.32. The number of benzene rings is 1. The molecule has 0 bridgehead atoms. The number of phenolic OH excluding ortho intramolecular Hbond substituents is 2. The summed E-state index contributed by atoms with van der Waals surface area (Å²) in [6.45, 7) is 0. The van der Waals surface area contributed by atoms with Crippen LogP contribution in [0.1, 0.15) is 5.56 Å². The molecule has 1 aromatic rings. The highest BCUT2D eigenvalue weighted by molar-refractivity contribution is 5.73. The van der Waals surface area contributed by atoms with Crippen molar-refractivity contribution in [3.63, 3.8) is 0 Å². The number of carboxylic acids is 1. The summed E-state index contributed by atoms with van der Waals surface area (Å²) in [6, 6.07) is 3.09. The van der Waals surface area contributed by atoms with Crippen molar-refractivity contribution in [3.8, 4) is 11.5 Å². The van der Waals surface area contributed by atoms with Crippen LogP contribution in [0.25, 0.3) is 0 Å². The van der Waals surface area contributed by atoms with Crippen LogP contribution in [0.5, 0.6) is 11.5 Å². The van der Waals surface area contributed by atoms with E-state index in [1.54, 1.807) is 0 Å². The summed E-state index contributed by atoms with van der Waals surface area (Å²) >= 11 is 0. The maximum Gasteiger partial charge on any atom is 0.320 e. The molecule has 1 aromatic carbocycles. The number of aliphatic carboxylic acids is 1. The van der Waals surface area contributed by atoms with Crippen molar-refractivity contribution in [1.29, 1.82) is 0 Å². The van der Waals surface area contributed by atoms with Gasteiger partial charge in [-0.05, 0) is 24.1 Å². The first-order valence-electron chi connectivity index (χ1n) is 4.36. The molecule has 8 heteroatoms. The quantitative estimate of drug-likeness (QED) is 0.248. The Labute approximate surface area is 96.0 Å². The average Bonchev–Trinajstić information content (AvgIpc) is 2.24. The standard InChI is InChI=1S/C9H11NO4.H2O3/c10-6(9(13)14)3-5-1-2-7(11)8(12)4-5;1-3-2/h1-2,4,6,11-12H,3,10H2,(H,13,14);1-2H/t6-;/m0./s1. The molecule has 0 unspecified atom stereocenters. The zero-order valence-electron chi connectivity index (χ0n) is 8.65. The molecule has 0 aliphatic heterocycles. The smallest absolute Gasteiger partial charge is 0.320 e. The molecule has 0 aliphatic carbocycles. The van der Waals surface area contributed by atoms with Gasteiger partial charge >= 0.3 is 5.97 Å². The van der Waals surface area contributed by atoms with Crippen molar-refractivity contribution in [3.05, 3.63) is 23.8 Å². The van der Waals surface area contributed by atoms with Gasteiger partial charge in [-0.2, -0.15) is 0 Å². The minimum Gasteiger partial charge on any atom is -0.504 e. The second-order valence-electron chi connectivity index (χ2n) is 3.05. The molecule has 8 nitrogen and oxygen atoms in total. The van der Waals surface area contributed by atoms with E-state index in [2.05, 4.69) is 5.04 Å². The number of hydrogen-bond acceptors (Lipinski definition) is 7. The Morgan fingerprint density at radius 1 is 1.29 bits per heavy atom. The van der Waals surface area contributed by atoms with Gasteiger partial charge < -0.3 is 21.1 Å². The van der Waals surface area contributed by atoms with Crippen LogP contribution >= 0.6 is 0 Å². The number of nitrogens with two attached hydrogens (primary N) is 1. The van der Waals surface area contributed by atoms with Crippen molar-refractivity contribution in [2.45, 2.75) is 12.5 Å². The third-order valence-corrected chi connectivity index (χ3v) is 1.81.